The molecule has 1 unspecified atom stereocenters. The van der Waals surface area contributed by atoms with E-state index in [1.807, 2.05) is 13.8 Å². The van der Waals surface area contributed by atoms with Gasteiger partial charge in [-0.1, -0.05) is 26.7 Å². The van der Waals surface area contributed by atoms with E-state index < -0.39 is 0 Å². The predicted octanol–water partition coefficient (Wildman–Crippen LogP) is 3.25. The van der Waals surface area contributed by atoms with E-state index in [-0.39, 0.29) is 11.2 Å². The first kappa shape index (κ1) is 13.8. The Hall–Kier alpha value is -0.180. The number of carbonyl (C=O) groups is 1. The van der Waals surface area contributed by atoms with Gasteiger partial charge in [0.15, 0.2) is 0 Å². The summed E-state index contributed by atoms with van der Waals surface area (Å²) in [5, 5.41) is 0.0480. The average Bonchev–Trinajstić information content (AvgIpc) is 2.18. The number of unbranched alkanes of at least 4 members (excludes halogenated alkanes) is 2. The molecule has 2 nitrogen and oxygen atoms in total. The first-order valence-electron chi connectivity index (χ1n) is 5.54. The van der Waals surface area contributed by atoms with Crippen LogP contribution in [0.3, 0.4) is 0 Å². The van der Waals surface area contributed by atoms with Gasteiger partial charge < -0.3 is 4.74 Å². The number of thioether (sulfide) groups is 1. The number of rotatable bonds is 8. The largest absolute Gasteiger partial charge is 0.465 e. The Morgan fingerprint density at radius 2 is 2.00 bits per heavy atom. The molecule has 0 aromatic carbocycles. The van der Waals surface area contributed by atoms with Gasteiger partial charge in [-0.3, -0.25) is 4.79 Å². The Morgan fingerprint density at radius 3 is 2.50 bits per heavy atom. The molecule has 0 aromatic heterocycles. The van der Waals surface area contributed by atoms with Gasteiger partial charge in [0.05, 0.1) is 6.61 Å². The van der Waals surface area contributed by atoms with Crippen molar-refractivity contribution in [2.75, 3.05) is 12.4 Å². The smallest absolute Gasteiger partial charge is 0.319 e. The molecule has 0 heterocycles. The maximum atomic E-state index is 11.4. The lowest BCUT2D eigenvalue weighted by Crippen LogP contribution is -2.19. The quantitative estimate of drug-likeness (QED) is 0.462. The van der Waals surface area contributed by atoms with Crippen molar-refractivity contribution in [1.82, 2.24) is 0 Å². The zero-order chi connectivity index (χ0) is 10.8. The van der Waals surface area contributed by atoms with E-state index in [9.17, 15) is 4.79 Å². The van der Waals surface area contributed by atoms with Gasteiger partial charge in [-0.15, -0.1) is 11.8 Å². The third-order valence-corrected chi connectivity index (χ3v) is 3.44. The maximum Gasteiger partial charge on any atom is 0.319 e. The third-order valence-electron chi connectivity index (χ3n) is 1.99. The topological polar surface area (TPSA) is 26.3 Å². The lowest BCUT2D eigenvalue weighted by molar-refractivity contribution is -0.142. The molecule has 0 aliphatic rings. The lowest BCUT2D eigenvalue weighted by atomic mass is 10.3. The summed E-state index contributed by atoms with van der Waals surface area (Å²) in [5.41, 5.74) is 0. The van der Waals surface area contributed by atoms with Crippen molar-refractivity contribution in [3.05, 3.63) is 0 Å². The highest BCUT2D eigenvalue weighted by molar-refractivity contribution is 8.00. The normalized spacial score (nSPS) is 12.5. The number of hydrogen-bond donors (Lipinski definition) is 0. The van der Waals surface area contributed by atoms with Crippen molar-refractivity contribution in [2.45, 2.75) is 51.7 Å². The van der Waals surface area contributed by atoms with Crippen LogP contribution in [0.4, 0.5) is 0 Å². The van der Waals surface area contributed by atoms with Crippen LogP contribution in [0.25, 0.3) is 0 Å². The van der Waals surface area contributed by atoms with Crippen LogP contribution in [0.5, 0.6) is 0 Å². The molecule has 0 amide bonds. The summed E-state index contributed by atoms with van der Waals surface area (Å²) >= 11 is 1.74. The number of esters is 1. The molecule has 0 spiro atoms. The molecule has 3 heteroatoms. The third kappa shape index (κ3) is 6.30. The van der Waals surface area contributed by atoms with Crippen molar-refractivity contribution < 1.29 is 9.53 Å². The van der Waals surface area contributed by atoms with E-state index >= 15 is 0 Å². The minimum Gasteiger partial charge on any atom is -0.465 e. The fourth-order valence-electron chi connectivity index (χ4n) is 1.17. The van der Waals surface area contributed by atoms with E-state index in [1.54, 1.807) is 11.8 Å². The SMILES string of the molecule is CCCCCSC(CC)C(=O)OCC. The molecule has 0 aliphatic heterocycles. The van der Waals surface area contributed by atoms with Gasteiger partial charge in [0.2, 0.25) is 0 Å². The summed E-state index contributed by atoms with van der Waals surface area (Å²) in [4.78, 5) is 11.4. The van der Waals surface area contributed by atoms with Crippen LogP contribution in [0.2, 0.25) is 0 Å². The van der Waals surface area contributed by atoms with Crippen LogP contribution < -0.4 is 0 Å². The first-order valence-corrected chi connectivity index (χ1v) is 6.59. The summed E-state index contributed by atoms with van der Waals surface area (Å²) in [6.45, 7) is 6.57. The standard InChI is InChI=1S/C11H22O2S/c1-4-7-8-9-14-10(5-2)11(12)13-6-3/h10H,4-9H2,1-3H3. The van der Waals surface area contributed by atoms with Crippen molar-refractivity contribution >= 4 is 17.7 Å². The molecule has 0 aromatic rings. The van der Waals surface area contributed by atoms with Crippen LogP contribution in [0.1, 0.15) is 46.5 Å². The van der Waals surface area contributed by atoms with E-state index in [0.29, 0.717) is 6.61 Å². The molecule has 0 saturated heterocycles. The van der Waals surface area contributed by atoms with Crippen molar-refractivity contribution in [3.63, 3.8) is 0 Å². The lowest BCUT2D eigenvalue weighted by Gasteiger charge is -2.12. The number of ether oxygens (including phenoxy) is 1. The molecule has 0 radical (unpaired) electrons. The molecular formula is C11H22O2S. The minimum absolute atomic E-state index is 0.0449. The van der Waals surface area contributed by atoms with Crippen LogP contribution in [-0.4, -0.2) is 23.6 Å². The summed E-state index contributed by atoms with van der Waals surface area (Å²) in [6, 6.07) is 0. The second kappa shape index (κ2) is 9.38. The van der Waals surface area contributed by atoms with Gasteiger partial charge in [0.1, 0.15) is 5.25 Å². The highest BCUT2D eigenvalue weighted by Crippen LogP contribution is 2.18. The van der Waals surface area contributed by atoms with E-state index in [0.717, 1.165) is 12.2 Å². The zero-order valence-corrected chi connectivity index (χ0v) is 10.4. The Kier molecular flexibility index (Phi) is 9.26. The fourth-order valence-corrected chi connectivity index (χ4v) is 2.26. The second-order valence-corrected chi connectivity index (χ2v) is 4.54. The molecule has 14 heavy (non-hydrogen) atoms. The molecule has 0 rings (SSSR count). The van der Waals surface area contributed by atoms with E-state index in [4.69, 9.17) is 4.74 Å². The molecule has 0 N–H and O–H groups in total. The first-order chi connectivity index (χ1) is 6.76. The minimum atomic E-state index is -0.0449. The van der Waals surface area contributed by atoms with Crippen LogP contribution >= 0.6 is 11.8 Å². The Labute approximate surface area is 91.8 Å². The van der Waals surface area contributed by atoms with Gasteiger partial charge in [0, 0.05) is 0 Å². The Balaban J connectivity index is 3.62. The Morgan fingerprint density at radius 1 is 1.29 bits per heavy atom. The highest BCUT2D eigenvalue weighted by Gasteiger charge is 2.17. The maximum absolute atomic E-state index is 11.4. The zero-order valence-electron chi connectivity index (χ0n) is 9.54. The number of hydrogen-bond acceptors (Lipinski definition) is 3. The van der Waals surface area contributed by atoms with Crippen LogP contribution in [-0.2, 0) is 9.53 Å². The molecule has 84 valence electrons. The summed E-state index contributed by atoms with van der Waals surface area (Å²) in [5.74, 6) is 1.03. The predicted molar refractivity (Wildman–Crippen MR) is 62.7 cm³/mol. The van der Waals surface area contributed by atoms with E-state index in [1.165, 1.54) is 19.3 Å². The number of carbonyl (C=O) groups excluding carboxylic acids is 1. The Bertz CT molecular complexity index is 148. The van der Waals surface area contributed by atoms with Gasteiger partial charge >= 0.3 is 5.97 Å². The molecule has 0 aliphatic carbocycles. The summed E-state index contributed by atoms with van der Waals surface area (Å²) in [7, 11) is 0. The van der Waals surface area contributed by atoms with Gasteiger partial charge in [-0.25, -0.2) is 0 Å². The fraction of sp³-hybridized carbons (Fsp3) is 0.909. The van der Waals surface area contributed by atoms with Crippen LogP contribution in [0.15, 0.2) is 0 Å². The van der Waals surface area contributed by atoms with E-state index in [2.05, 4.69) is 6.92 Å². The van der Waals surface area contributed by atoms with Crippen molar-refractivity contribution in [2.24, 2.45) is 0 Å². The second-order valence-electron chi connectivity index (χ2n) is 3.23. The monoisotopic (exact) mass is 218 g/mol. The summed E-state index contributed by atoms with van der Waals surface area (Å²) < 4.78 is 4.99. The van der Waals surface area contributed by atoms with Crippen molar-refractivity contribution in [1.29, 1.82) is 0 Å². The molecule has 0 fully saturated rings. The van der Waals surface area contributed by atoms with Gasteiger partial charge in [-0.05, 0) is 25.5 Å². The van der Waals surface area contributed by atoms with Gasteiger partial charge in [0.25, 0.3) is 0 Å². The van der Waals surface area contributed by atoms with Crippen LogP contribution in [0, 0.1) is 0 Å². The average molecular weight is 218 g/mol. The van der Waals surface area contributed by atoms with Crippen molar-refractivity contribution in [3.8, 4) is 0 Å². The molecule has 0 saturated carbocycles. The summed E-state index contributed by atoms with van der Waals surface area (Å²) in [6.07, 6.45) is 4.57. The molecular weight excluding hydrogens is 196 g/mol. The highest BCUT2D eigenvalue weighted by atomic mass is 32.2. The molecule has 0 bridgehead atoms. The van der Waals surface area contributed by atoms with Gasteiger partial charge in [-0.2, -0.15) is 0 Å². The molecule has 1 atom stereocenters.